The first-order valence-corrected chi connectivity index (χ1v) is 16.9. The number of sulfonamides is 1. The Bertz CT molecular complexity index is 1780. The van der Waals surface area contributed by atoms with Gasteiger partial charge in [0.1, 0.15) is 24.1 Å². The smallest absolute Gasteiger partial charge is 0.264 e. The van der Waals surface area contributed by atoms with Crippen LogP contribution in [0.2, 0.25) is 0 Å². The molecule has 1 unspecified atom stereocenters. The summed E-state index contributed by atoms with van der Waals surface area (Å²) in [4.78, 5) is 30.0. The normalized spacial score (nSPS) is 11.9. The third kappa shape index (κ3) is 8.92. The molecule has 1 N–H and O–H groups in total. The predicted molar refractivity (Wildman–Crippen MR) is 184 cm³/mol. The van der Waals surface area contributed by atoms with Crippen molar-refractivity contribution in [1.29, 1.82) is 0 Å². The molecule has 4 aromatic carbocycles. The van der Waals surface area contributed by atoms with Gasteiger partial charge in [-0.2, -0.15) is 0 Å². The monoisotopic (exact) mass is 657 g/mol. The third-order valence-electron chi connectivity index (χ3n) is 7.68. The molecule has 0 fully saturated rings. The van der Waals surface area contributed by atoms with E-state index >= 15 is 0 Å². The average molecular weight is 658 g/mol. The molecule has 10 heteroatoms. The number of hydrogen-bond donors (Lipinski definition) is 1. The van der Waals surface area contributed by atoms with Crippen LogP contribution in [0, 0.1) is 13.8 Å². The maximum Gasteiger partial charge on any atom is 0.264 e. The summed E-state index contributed by atoms with van der Waals surface area (Å²) >= 11 is 0. The molecule has 0 saturated carbocycles. The minimum Gasteiger partial charge on any atom is -0.497 e. The number of benzene rings is 4. The van der Waals surface area contributed by atoms with E-state index in [0.717, 1.165) is 26.6 Å². The Labute approximate surface area is 278 Å². The highest BCUT2D eigenvalue weighted by atomic mass is 32.2. The van der Waals surface area contributed by atoms with Crippen molar-refractivity contribution in [2.24, 2.45) is 0 Å². The first-order valence-electron chi connectivity index (χ1n) is 15.4. The van der Waals surface area contributed by atoms with Crippen molar-refractivity contribution < 1.29 is 27.5 Å². The van der Waals surface area contributed by atoms with Crippen LogP contribution in [-0.2, 0) is 32.6 Å². The Balaban J connectivity index is 1.87. The van der Waals surface area contributed by atoms with Crippen LogP contribution in [0.15, 0.2) is 102 Å². The van der Waals surface area contributed by atoms with Crippen LogP contribution in [0.5, 0.6) is 11.5 Å². The maximum atomic E-state index is 14.7. The van der Waals surface area contributed by atoms with Crippen molar-refractivity contribution in [1.82, 2.24) is 10.2 Å². The highest BCUT2D eigenvalue weighted by Crippen LogP contribution is 2.36. The first-order chi connectivity index (χ1) is 22.4. The molecule has 0 aliphatic rings. The van der Waals surface area contributed by atoms with Gasteiger partial charge in [0.05, 0.1) is 24.8 Å². The molecule has 0 aliphatic heterocycles. The summed E-state index contributed by atoms with van der Waals surface area (Å²) in [6, 6.07) is 27.2. The molecule has 0 aromatic heterocycles. The van der Waals surface area contributed by atoms with Gasteiger partial charge in [-0.15, -0.1) is 0 Å². The van der Waals surface area contributed by atoms with Crippen LogP contribution < -0.4 is 19.1 Å². The number of amides is 2. The Morgan fingerprint density at radius 3 is 2.09 bits per heavy atom. The van der Waals surface area contributed by atoms with Gasteiger partial charge >= 0.3 is 0 Å². The molecule has 47 heavy (non-hydrogen) atoms. The molecule has 9 nitrogen and oxygen atoms in total. The fourth-order valence-electron chi connectivity index (χ4n) is 5.28. The molecule has 0 radical (unpaired) electrons. The molecule has 4 aromatic rings. The maximum absolute atomic E-state index is 14.7. The minimum absolute atomic E-state index is 0.00407. The van der Waals surface area contributed by atoms with Crippen LogP contribution >= 0.6 is 0 Å². The molecule has 1 atom stereocenters. The molecule has 0 bridgehead atoms. The van der Waals surface area contributed by atoms with Gasteiger partial charge < -0.3 is 19.7 Å². The Hall–Kier alpha value is -4.83. The van der Waals surface area contributed by atoms with Crippen molar-refractivity contribution in [2.75, 3.05) is 25.1 Å². The van der Waals surface area contributed by atoms with Crippen molar-refractivity contribution >= 4 is 27.5 Å². The van der Waals surface area contributed by atoms with Gasteiger partial charge in [0, 0.05) is 25.1 Å². The standard InChI is InChI=1S/C37H43N3O6S/c1-26(2)38-37(42)34(22-29-12-8-7-9-13-29)39(24-30-14-10-11-28(4)21-30)36(41)25-40(33-23-31(45-5)17-20-35(33)46-6)47(43,44)32-18-15-27(3)16-19-32/h7-21,23,26,34H,22,24-25H2,1-6H3,(H,38,42). The minimum atomic E-state index is -4.31. The van der Waals surface area contributed by atoms with Gasteiger partial charge in [0.2, 0.25) is 11.8 Å². The summed E-state index contributed by atoms with van der Waals surface area (Å²) in [5, 5.41) is 2.97. The van der Waals surface area contributed by atoms with Crippen LogP contribution in [0.25, 0.3) is 0 Å². The summed E-state index contributed by atoms with van der Waals surface area (Å²) in [5.41, 5.74) is 3.67. The second kappa shape index (κ2) is 15.6. The van der Waals surface area contributed by atoms with E-state index < -0.39 is 28.5 Å². The SMILES string of the molecule is COc1ccc(OC)c(N(CC(=O)N(Cc2cccc(C)c2)C(Cc2ccccc2)C(=O)NC(C)C)S(=O)(=O)c2ccc(C)cc2)c1. The highest BCUT2D eigenvalue weighted by molar-refractivity contribution is 7.92. The summed E-state index contributed by atoms with van der Waals surface area (Å²) in [7, 11) is -1.41. The molecule has 4 rings (SSSR count). The number of carbonyl (C=O) groups is 2. The predicted octanol–water partition coefficient (Wildman–Crippen LogP) is 5.68. The van der Waals surface area contributed by atoms with E-state index in [2.05, 4.69) is 5.32 Å². The molecule has 0 aliphatic carbocycles. The molecular weight excluding hydrogens is 614 g/mol. The van der Waals surface area contributed by atoms with E-state index in [9.17, 15) is 18.0 Å². The summed E-state index contributed by atoms with van der Waals surface area (Å²) in [5.74, 6) is -0.284. The number of hydrogen-bond acceptors (Lipinski definition) is 6. The van der Waals surface area contributed by atoms with E-state index in [1.54, 1.807) is 24.3 Å². The zero-order valence-electron chi connectivity index (χ0n) is 27.8. The number of ether oxygens (including phenoxy) is 2. The summed E-state index contributed by atoms with van der Waals surface area (Å²) in [6.07, 6.45) is 0.226. The number of anilines is 1. The molecule has 0 saturated heterocycles. The fraction of sp³-hybridized carbons (Fsp3) is 0.297. The zero-order valence-corrected chi connectivity index (χ0v) is 28.6. The molecule has 248 valence electrons. The van der Waals surface area contributed by atoms with Crippen molar-refractivity contribution in [3.63, 3.8) is 0 Å². The Kier molecular flexibility index (Phi) is 11.7. The first kappa shape index (κ1) is 35.0. The van der Waals surface area contributed by atoms with Crippen LogP contribution in [-0.4, -0.2) is 58.0 Å². The highest BCUT2D eigenvalue weighted by Gasteiger charge is 2.36. The number of rotatable bonds is 14. The van der Waals surface area contributed by atoms with Crippen LogP contribution in [0.3, 0.4) is 0 Å². The van der Waals surface area contributed by atoms with Gasteiger partial charge in [-0.3, -0.25) is 13.9 Å². The second-order valence-corrected chi connectivity index (χ2v) is 13.6. The topological polar surface area (TPSA) is 105 Å². The van der Waals surface area contributed by atoms with Gasteiger partial charge in [0.15, 0.2) is 0 Å². The van der Waals surface area contributed by atoms with Gasteiger partial charge in [-0.05, 0) is 63.1 Å². The number of nitrogens with one attached hydrogen (secondary N) is 1. The number of nitrogens with zero attached hydrogens (tertiary/aromatic N) is 2. The summed E-state index contributed by atoms with van der Waals surface area (Å²) in [6.45, 7) is 7.00. The van der Waals surface area contributed by atoms with Crippen molar-refractivity contribution in [2.45, 2.75) is 57.6 Å². The van der Waals surface area contributed by atoms with Crippen LogP contribution in [0.4, 0.5) is 5.69 Å². The molecule has 0 heterocycles. The summed E-state index contributed by atoms with van der Waals surface area (Å²) < 4.78 is 40.8. The number of methoxy groups -OCH3 is 2. The number of aryl methyl sites for hydroxylation is 2. The third-order valence-corrected chi connectivity index (χ3v) is 9.45. The fourth-order valence-corrected chi connectivity index (χ4v) is 6.70. The van der Waals surface area contributed by atoms with Crippen molar-refractivity contribution in [3.05, 3.63) is 119 Å². The van der Waals surface area contributed by atoms with E-state index in [1.165, 1.54) is 37.3 Å². The lowest BCUT2D eigenvalue weighted by Crippen LogP contribution is -2.54. The molecular formula is C37H43N3O6S. The zero-order chi connectivity index (χ0) is 34.1. The lowest BCUT2D eigenvalue weighted by molar-refractivity contribution is -0.140. The lowest BCUT2D eigenvalue weighted by Gasteiger charge is -2.34. The van der Waals surface area contributed by atoms with E-state index in [1.807, 2.05) is 82.3 Å². The lowest BCUT2D eigenvalue weighted by atomic mass is 10.0. The Morgan fingerprint density at radius 1 is 0.787 bits per heavy atom. The van der Waals surface area contributed by atoms with Crippen LogP contribution in [0.1, 0.15) is 36.1 Å². The van der Waals surface area contributed by atoms with E-state index in [-0.39, 0.29) is 41.2 Å². The quantitative estimate of drug-likeness (QED) is 0.187. The largest absolute Gasteiger partial charge is 0.497 e. The molecule has 0 spiro atoms. The number of carbonyl (C=O) groups excluding carboxylic acids is 2. The van der Waals surface area contributed by atoms with Gasteiger partial charge in [-0.1, -0.05) is 77.9 Å². The van der Waals surface area contributed by atoms with E-state index in [4.69, 9.17) is 9.47 Å². The average Bonchev–Trinajstić information content (AvgIpc) is 3.05. The second-order valence-electron chi connectivity index (χ2n) is 11.7. The van der Waals surface area contributed by atoms with Crippen molar-refractivity contribution in [3.8, 4) is 11.5 Å². The van der Waals surface area contributed by atoms with Gasteiger partial charge in [0.25, 0.3) is 10.0 Å². The Morgan fingerprint density at radius 2 is 1.47 bits per heavy atom. The van der Waals surface area contributed by atoms with Gasteiger partial charge in [-0.25, -0.2) is 8.42 Å². The van der Waals surface area contributed by atoms with E-state index in [0.29, 0.717) is 5.75 Å². The molecule has 2 amide bonds.